The van der Waals surface area contributed by atoms with E-state index in [0.29, 0.717) is 0 Å². The minimum atomic E-state index is -1.50. The Hall–Kier alpha value is -2.98. The third-order valence-corrected chi connectivity index (χ3v) is 9.36. The van der Waals surface area contributed by atoms with Gasteiger partial charge in [-0.3, -0.25) is 0 Å². The number of aliphatic hydroxyl groups excluding tert-OH is 1. The highest BCUT2D eigenvalue weighted by atomic mass is 16.8. The molecule has 0 spiro atoms. The van der Waals surface area contributed by atoms with Crippen molar-refractivity contribution in [3.8, 4) is 5.75 Å². The van der Waals surface area contributed by atoms with E-state index >= 15 is 0 Å². The Kier molecular flexibility index (Phi) is 11.1. The molecule has 2 unspecified atom stereocenters. The summed E-state index contributed by atoms with van der Waals surface area (Å²) in [5, 5.41) is 11.8. The zero-order valence-corrected chi connectivity index (χ0v) is 29.6. The summed E-state index contributed by atoms with van der Waals surface area (Å²) < 4.78 is 68.8. The van der Waals surface area contributed by atoms with E-state index in [0.717, 1.165) is 22.4 Å². The molecule has 4 aliphatic heterocycles. The first-order valence-electron chi connectivity index (χ1n) is 17.5. The van der Waals surface area contributed by atoms with Crippen molar-refractivity contribution in [2.75, 3.05) is 20.3 Å². The van der Waals surface area contributed by atoms with Crippen molar-refractivity contribution in [1.82, 2.24) is 0 Å². The summed E-state index contributed by atoms with van der Waals surface area (Å²) in [4.78, 5) is 0. The minimum absolute atomic E-state index is 0.191. The van der Waals surface area contributed by atoms with Crippen LogP contribution in [0.2, 0.25) is 0 Å². The maximum atomic E-state index is 11.8. The Bertz CT molecular complexity index is 1540. The van der Waals surface area contributed by atoms with Crippen LogP contribution in [0.4, 0.5) is 0 Å². The van der Waals surface area contributed by atoms with E-state index in [1.807, 2.05) is 98.8 Å². The van der Waals surface area contributed by atoms with E-state index in [9.17, 15) is 5.11 Å². The lowest BCUT2D eigenvalue weighted by Crippen LogP contribution is -2.64. The molecule has 4 fully saturated rings. The number of benzene rings is 3. The summed E-state index contributed by atoms with van der Waals surface area (Å²) >= 11 is 0. The summed E-state index contributed by atoms with van der Waals surface area (Å²) in [6.07, 6.45) is -8.16. The monoisotopic (exact) mass is 708 g/mol. The predicted molar refractivity (Wildman–Crippen MR) is 181 cm³/mol. The highest BCUT2D eigenvalue weighted by molar-refractivity contribution is 5.26. The smallest absolute Gasteiger partial charge is 0.190 e. The molecular weight excluding hydrogens is 660 g/mol. The normalized spacial score (nSPS) is 33.4. The number of fused-ring (bicyclic) bond motifs is 1. The number of rotatable bonds is 12. The van der Waals surface area contributed by atoms with Crippen molar-refractivity contribution < 1.29 is 57.2 Å². The number of hydrogen-bond acceptors (Lipinski definition) is 12. The third-order valence-electron chi connectivity index (χ3n) is 9.36. The number of ether oxygens (including phenoxy) is 11. The van der Waals surface area contributed by atoms with Crippen LogP contribution in [0.15, 0.2) is 84.9 Å². The molecule has 10 atom stereocenters. The summed E-state index contributed by atoms with van der Waals surface area (Å²) in [5.41, 5.74) is 2.74. The van der Waals surface area contributed by atoms with Crippen LogP contribution in [0.25, 0.3) is 0 Å². The molecule has 7 rings (SSSR count). The number of methoxy groups -OCH3 is 1. The molecule has 276 valence electrons. The SMILES string of the molecule is COc1ccc(CO[C@@H]2[C@H](OC(O)[C@@H]3OC(C)(C)O[C@@H]3[C@@H]3COC(C)(C)O3)O[C@@H]3COC(c4ccccc4)O[C@H]3[C@@H]2OCc2ccccc2)cc1. The molecule has 3 aromatic carbocycles. The van der Waals surface area contributed by atoms with Crippen LogP contribution in [-0.4, -0.2) is 92.3 Å². The lowest BCUT2D eigenvalue weighted by atomic mass is 9.96. The Morgan fingerprint density at radius 1 is 0.706 bits per heavy atom. The van der Waals surface area contributed by atoms with Gasteiger partial charge in [-0.1, -0.05) is 72.8 Å². The van der Waals surface area contributed by atoms with Gasteiger partial charge in [0.2, 0.25) is 0 Å². The fourth-order valence-corrected chi connectivity index (χ4v) is 6.90. The van der Waals surface area contributed by atoms with Crippen molar-refractivity contribution in [3.63, 3.8) is 0 Å². The van der Waals surface area contributed by atoms with Crippen molar-refractivity contribution in [2.45, 2.75) is 114 Å². The molecule has 4 saturated heterocycles. The molecule has 12 nitrogen and oxygen atoms in total. The fraction of sp³-hybridized carbons (Fsp3) is 0.538. The highest BCUT2D eigenvalue weighted by Crippen LogP contribution is 2.40. The van der Waals surface area contributed by atoms with Gasteiger partial charge >= 0.3 is 0 Å². The maximum Gasteiger partial charge on any atom is 0.190 e. The van der Waals surface area contributed by atoms with Crippen molar-refractivity contribution >= 4 is 0 Å². The van der Waals surface area contributed by atoms with Gasteiger partial charge in [0.15, 0.2) is 30.4 Å². The molecule has 0 aromatic heterocycles. The van der Waals surface area contributed by atoms with E-state index in [1.54, 1.807) is 21.0 Å². The van der Waals surface area contributed by atoms with Gasteiger partial charge in [0, 0.05) is 5.56 Å². The molecule has 3 aromatic rings. The molecule has 0 saturated carbocycles. The van der Waals surface area contributed by atoms with Gasteiger partial charge in [0.1, 0.15) is 48.5 Å². The second-order valence-electron chi connectivity index (χ2n) is 14.1. The Morgan fingerprint density at radius 3 is 2.04 bits per heavy atom. The molecule has 51 heavy (non-hydrogen) atoms. The van der Waals surface area contributed by atoms with Crippen LogP contribution in [0.1, 0.15) is 50.7 Å². The summed E-state index contributed by atoms with van der Waals surface area (Å²) in [6.45, 7) is 8.15. The first kappa shape index (κ1) is 36.4. The molecule has 1 N–H and O–H groups in total. The van der Waals surface area contributed by atoms with Gasteiger partial charge in [-0.2, -0.15) is 0 Å². The van der Waals surface area contributed by atoms with Gasteiger partial charge < -0.3 is 57.2 Å². The van der Waals surface area contributed by atoms with E-state index < -0.39 is 73.2 Å². The van der Waals surface area contributed by atoms with Crippen LogP contribution >= 0.6 is 0 Å². The van der Waals surface area contributed by atoms with Gasteiger partial charge in [-0.25, -0.2) is 0 Å². The second kappa shape index (κ2) is 15.6. The third kappa shape index (κ3) is 8.64. The molecule has 0 amide bonds. The van der Waals surface area contributed by atoms with Crippen molar-refractivity contribution in [2.24, 2.45) is 0 Å². The van der Waals surface area contributed by atoms with Gasteiger partial charge in [-0.15, -0.1) is 0 Å². The van der Waals surface area contributed by atoms with Crippen LogP contribution in [0.3, 0.4) is 0 Å². The van der Waals surface area contributed by atoms with E-state index in [2.05, 4.69) is 0 Å². The largest absolute Gasteiger partial charge is 0.497 e. The quantitative estimate of drug-likeness (QED) is 0.255. The zero-order chi connectivity index (χ0) is 35.6. The van der Waals surface area contributed by atoms with E-state index in [-0.39, 0.29) is 26.4 Å². The molecular formula is C39H48O12. The lowest BCUT2D eigenvalue weighted by Gasteiger charge is -2.49. The standard InChI is InChI=1S/C39H48O12/c1-38(2)45-23-29(49-38)31-33(51-39(3,4)50-31)35(40)48-37-34(43-21-25-16-18-27(41-5)19-17-25)32(42-20-24-12-8-6-9-13-24)30-28(46-37)22-44-36(47-30)26-14-10-7-11-15-26/h6-19,28-37,40H,20-23H2,1-5H3/t28-,29+,30-,31-,32+,33-,34+,35?,36?,37+/m1/s1. The first-order chi connectivity index (χ1) is 24.6. The van der Waals surface area contributed by atoms with Gasteiger partial charge in [0.05, 0.1) is 33.5 Å². The number of aliphatic hydroxyl groups is 1. The van der Waals surface area contributed by atoms with Crippen LogP contribution in [0, 0.1) is 0 Å². The summed E-state index contributed by atoms with van der Waals surface area (Å²) in [5.74, 6) is -1.09. The van der Waals surface area contributed by atoms with E-state index in [4.69, 9.17) is 52.1 Å². The topological polar surface area (TPSA) is 122 Å². The van der Waals surface area contributed by atoms with Gasteiger partial charge in [-0.05, 0) is 51.0 Å². The average molecular weight is 709 g/mol. The maximum absolute atomic E-state index is 11.8. The lowest BCUT2D eigenvalue weighted by molar-refractivity contribution is -0.391. The zero-order valence-electron chi connectivity index (χ0n) is 29.6. The molecule has 0 bridgehead atoms. The predicted octanol–water partition coefficient (Wildman–Crippen LogP) is 5.01. The second-order valence-corrected chi connectivity index (χ2v) is 14.1. The van der Waals surface area contributed by atoms with E-state index in [1.165, 1.54) is 0 Å². The Morgan fingerprint density at radius 2 is 1.37 bits per heavy atom. The molecule has 4 aliphatic rings. The molecule has 0 radical (unpaired) electrons. The summed E-state index contributed by atoms with van der Waals surface area (Å²) in [7, 11) is 1.62. The van der Waals surface area contributed by atoms with Crippen LogP contribution < -0.4 is 4.74 Å². The number of hydrogen-bond donors (Lipinski definition) is 1. The highest BCUT2D eigenvalue weighted by Gasteiger charge is 2.56. The van der Waals surface area contributed by atoms with Gasteiger partial charge in [0.25, 0.3) is 0 Å². The Labute approximate surface area is 298 Å². The average Bonchev–Trinajstić information content (AvgIpc) is 3.68. The molecule has 12 heteroatoms. The summed E-state index contributed by atoms with van der Waals surface area (Å²) in [6, 6.07) is 27.2. The van der Waals surface area contributed by atoms with Crippen molar-refractivity contribution in [1.29, 1.82) is 0 Å². The first-order valence-corrected chi connectivity index (χ1v) is 17.5. The fourth-order valence-electron chi connectivity index (χ4n) is 6.90. The van der Waals surface area contributed by atoms with Crippen LogP contribution in [-0.2, 0) is 60.6 Å². The van der Waals surface area contributed by atoms with Crippen molar-refractivity contribution in [3.05, 3.63) is 102 Å². The molecule has 4 heterocycles. The minimum Gasteiger partial charge on any atom is -0.497 e. The molecule has 0 aliphatic carbocycles. The Balaban J connectivity index is 1.17. The van der Waals surface area contributed by atoms with Crippen LogP contribution in [0.5, 0.6) is 5.75 Å².